The molecule has 21 heavy (non-hydrogen) atoms. The quantitative estimate of drug-likeness (QED) is 0.658. The fraction of sp³-hybridized carbons (Fsp3) is 0.611. The summed E-state index contributed by atoms with van der Waals surface area (Å²) in [6.45, 7) is 10.7. The van der Waals surface area contributed by atoms with Crippen LogP contribution < -0.4 is 10.2 Å². The molecule has 0 atom stereocenters. The highest BCUT2D eigenvalue weighted by molar-refractivity contribution is 5.79. The van der Waals surface area contributed by atoms with E-state index in [0.29, 0.717) is 0 Å². The largest absolute Gasteiger partial charge is 0.372 e. The Balaban J connectivity index is 1.91. The first-order valence-corrected chi connectivity index (χ1v) is 8.28. The molecule has 0 saturated carbocycles. The van der Waals surface area contributed by atoms with Crippen LogP contribution in [-0.4, -0.2) is 25.5 Å². The fourth-order valence-corrected chi connectivity index (χ4v) is 2.70. The molecule has 0 bridgehead atoms. The van der Waals surface area contributed by atoms with Crippen LogP contribution in [0.15, 0.2) is 29.3 Å². The molecule has 2 rings (SSSR count). The van der Waals surface area contributed by atoms with Crippen molar-refractivity contribution >= 4 is 11.5 Å². The van der Waals surface area contributed by atoms with Crippen LogP contribution in [0.25, 0.3) is 0 Å². The summed E-state index contributed by atoms with van der Waals surface area (Å²) in [4.78, 5) is 6.99. The summed E-state index contributed by atoms with van der Waals surface area (Å²) in [5.41, 5.74) is 2.70. The molecule has 116 valence electrons. The summed E-state index contributed by atoms with van der Waals surface area (Å²) in [5, 5.41) is 3.40. The molecule has 1 fully saturated rings. The smallest absolute Gasteiger partial charge is 0.0934 e. The molecule has 3 heteroatoms. The van der Waals surface area contributed by atoms with Crippen molar-refractivity contribution in [1.29, 1.82) is 0 Å². The number of aliphatic imine (C=N–C) groups is 1. The Bertz CT molecular complexity index is 459. The van der Waals surface area contributed by atoms with E-state index in [2.05, 4.69) is 53.3 Å². The van der Waals surface area contributed by atoms with Crippen LogP contribution in [0.1, 0.15) is 45.6 Å². The maximum Gasteiger partial charge on any atom is 0.0934 e. The van der Waals surface area contributed by atoms with Gasteiger partial charge in [0.1, 0.15) is 0 Å². The van der Waals surface area contributed by atoms with Gasteiger partial charge in [-0.3, -0.25) is 4.99 Å². The van der Waals surface area contributed by atoms with Gasteiger partial charge in [0.15, 0.2) is 0 Å². The second kappa shape index (κ2) is 8.06. The van der Waals surface area contributed by atoms with Crippen molar-refractivity contribution in [3.63, 3.8) is 0 Å². The first kappa shape index (κ1) is 15.9. The molecule has 0 amide bonds. The first-order chi connectivity index (χ1) is 10.2. The molecule has 0 aromatic heterocycles. The second-order valence-corrected chi connectivity index (χ2v) is 6.16. The van der Waals surface area contributed by atoms with Gasteiger partial charge in [-0.05, 0) is 49.8 Å². The van der Waals surface area contributed by atoms with Crippen LogP contribution in [0.4, 0.5) is 5.69 Å². The fourth-order valence-electron chi connectivity index (χ4n) is 2.70. The molecule has 1 saturated heterocycles. The Morgan fingerprint density at radius 1 is 1.33 bits per heavy atom. The number of piperidine rings is 1. The predicted octanol–water partition coefficient (Wildman–Crippen LogP) is 3.84. The summed E-state index contributed by atoms with van der Waals surface area (Å²) in [5.74, 6) is 1.91. The van der Waals surface area contributed by atoms with Crippen molar-refractivity contribution in [3.8, 4) is 0 Å². The van der Waals surface area contributed by atoms with E-state index in [9.17, 15) is 0 Å². The lowest BCUT2D eigenvalue weighted by Gasteiger charge is -2.32. The van der Waals surface area contributed by atoms with Gasteiger partial charge in [-0.2, -0.15) is 0 Å². The monoisotopic (exact) mass is 287 g/mol. The Labute approximate surface area is 129 Å². The zero-order valence-corrected chi connectivity index (χ0v) is 13.7. The molecular weight excluding hydrogens is 258 g/mol. The van der Waals surface area contributed by atoms with Crippen LogP contribution in [0.3, 0.4) is 0 Å². The maximum absolute atomic E-state index is 4.47. The van der Waals surface area contributed by atoms with Crippen LogP contribution in [-0.2, 0) is 6.54 Å². The Morgan fingerprint density at radius 3 is 2.81 bits per heavy atom. The number of nitrogens with one attached hydrogen (secondary N) is 1. The molecule has 1 aromatic carbocycles. The molecular formula is C18H29N3. The van der Waals surface area contributed by atoms with Crippen LogP contribution >= 0.6 is 0 Å². The number of rotatable bonds is 5. The van der Waals surface area contributed by atoms with Crippen molar-refractivity contribution < 1.29 is 0 Å². The predicted molar refractivity (Wildman–Crippen MR) is 92.2 cm³/mol. The highest BCUT2D eigenvalue weighted by Crippen LogP contribution is 2.23. The van der Waals surface area contributed by atoms with Gasteiger partial charge in [0, 0.05) is 31.9 Å². The molecule has 0 spiro atoms. The average Bonchev–Trinajstić information content (AvgIpc) is 2.52. The summed E-state index contributed by atoms with van der Waals surface area (Å²) < 4.78 is 0. The third-order valence-corrected chi connectivity index (χ3v) is 4.18. The third-order valence-electron chi connectivity index (χ3n) is 4.18. The lowest BCUT2D eigenvalue weighted by atomic mass is 9.98. The van der Waals surface area contributed by atoms with Crippen LogP contribution in [0, 0.1) is 5.92 Å². The van der Waals surface area contributed by atoms with Crippen molar-refractivity contribution in [2.45, 2.75) is 46.6 Å². The van der Waals surface area contributed by atoms with E-state index < -0.39 is 0 Å². The lowest BCUT2D eigenvalue weighted by Crippen LogP contribution is -2.32. The van der Waals surface area contributed by atoms with Gasteiger partial charge in [0.05, 0.1) is 5.84 Å². The molecule has 0 unspecified atom stereocenters. The average molecular weight is 287 g/mol. The van der Waals surface area contributed by atoms with E-state index in [4.69, 9.17) is 0 Å². The summed E-state index contributed by atoms with van der Waals surface area (Å²) in [7, 11) is 0. The van der Waals surface area contributed by atoms with E-state index >= 15 is 0 Å². The molecule has 1 aromatic rings. The molecule has 1 heterocycles. The van der Waals surface area contributed by atoms with Crippen molar-refractivity contribution in [2.75, 3.05) is 24.5 Å². The number of hydrogen-bond acceptors (Lipinski definition) is 2. The van der Waals surface area contributed by atoms with Crippen molar-refractivity contribution in [2.24, 2.45) is 10.9 Å². The third kappa shape index (κ3) is 5.07. The highest BCUT2D eigenvalue weighted by atomic mass is 15.1. The van der Waals surface area contributed by atoms with Gasteiger partial charge in [0.25, 0.3) is 0 Å². The van der Waals surface area contributed by atoms with E-state index in [0.717, 1.165) is 31.3 Å². The van der Waals surface area contributed by atoms with Crippen LogP contribution in [0.5, 0.6) is 0 Å². The Morgan fingerprint density at radius 2 is 2.10 bits per heavy atom. The zero-order chi connectivity index (χ0) is 15.1. The molecule has 1 N–H and O–H groups in total. The van der Waals surface area contributed by atoms with E-state index in [1.807, 2.05) is 6.92 Å². The number of amidine groups is 1. The van der Waals surface area contributed by atoms with Gasteiger partial charge in [-0.15, -0.1) is 0 Å². The topological polar surface area (TPSA) is 27.6 Å². The zero-order valence-electron chi connectivity index (χ0n) is 13.7. The van der Waals surface area contributed by atoms with Gasteiger partial charge in [-0.25, -0.2) is 0 Å². The van der Waals surface area contributed by atoms with Gasteiger partial charge in [-0.1, -0.05) is 26.0 Å². The maximum atomic E-state index is 4.47. The summed E-state index contributed by atoms with van der Waals surface area (Å²) >= 11 is 0. The van der Waals surface area contributed by atoms with Crippen molar-refractivity contribution in [1.82, 2.24) is 5.32 Å². The molecule has 1 aliphatic heterocycles. The summed E-state index contributed by atoms with van der Waals surface area (Å²) in [6, 6.07) is 8.91. The van der Waals surface area contributed by atoms with Crippen LogP contribution in [0.2, 0.25) is 0 Å². The minimum absolute atomic E-state index is 0.858. The Hall–Kier alpha value is -1.51. The number of benzene rings is 1. The van der Waals surface area contributed by atoms with Gasteiger partial charge in [0.2, 0.25) is 0 Å². The molecule has 3 nitrogen and oxygen atoms in total. The lowest BCUT2D eigenvalue weighted by molar-refractivity contribution is 0.438. The normalized spacial score (nSPS) is 17.1. The number of nitrogens with zero attached hydrogens (tertiary/aromatic N) is 2. The minimum Gasteiger partial charge on any atom is -0.372 e. The van der Waals surface area contributed by atoms with E-state index in [1.54, 1.807) is 0 Å². The number of hydrogen-bond donors (Lipinski definition) is 1. The molecule has 0 aliphatic carbocycles. The van der Waals surface area contributed by atoms with E-state index in [-0.39, 0.29) is 0 Å². The first-order valence-electron chi connectivity index (χ1n) is 8.28. The number of anilines is 1. The van der Waals surface area contributed by atoms with Gasteiger partial charge < -0.3 is 10.2 Å². The highest BCUT2D eigenvalue weighted by Gasteiger charge is 2.15. The second-order valence-electron chi connectivity index (χ2n) is 6.16. The van der Waals surface area contributed by atoms with E-state index in [1.165, 1.54) is 37.2 Å². The molecule has 1 aliphatic rings. The summed E-state index contributed by atoms with van der Waals surface area (Å²) in [6.07, 6.45) is 3.72. The SMILES string of the molecule is CCC/N=C(/C)NCc1cccc(N2CCC(C)CC2)c1. The van der Waals surface area contributed by atoms with Crippen molar-refractivity contribution in [3.05, 3.63) is 29.8 Å². The minimum atomic E-state index is 0.858. The standard InChI is InChI=1S/C18H29N3/c1-4-10-19-16(3)20-14-17-6-5-7-18(13-17)21-11-8-15(2)9-12-21/h5-7,13,15H,4,8-12,14H2,1-3H3,(H,19,20). The molecule has 0 radical (unpaired) electrons. The Kier molecular flexibility index (Phi) is 6.09. The van der Waals surface area contributed by atoms with Gasteiger partial charge >= 0.3 is 0 Å².